The maximum atomic E-state index is 6.42. The average Bonchev–Trinajstić information content (AvgIpc) is 2.74. The third-order valence-electron chi connectivity index (χ3n) is 5.17. The molecule has 5 nitrogen and oxygen atoms in total. The van der Waals surface area contributed by atoms with Crippen LogP contribution in [0.2, 0.25) is 0 Å². The van der Waals surface area contributed by atoms with E-state index in [4.69, 9.17) is 16.5 Å². The van der Waals surface area contributed by atoms with Gasteiger partial charge in [-0.05, 0) is 23.6 Å². The zero-order valence-electron chi connectivity index (χ0n) is 18.3. The van der Waals surface area contributed by atoms with Gasteiger partial charge in [0.15, 0.2) is 0 Å². The van der Waals surface area contributed by atoms with E-state index in [2.05, 4.69) is 55.3 Å². The fourth-order valence-corrected chi connectivity index (χ4v) is 3.44. The van der Waals surface area contributed by atoms with Crippen LogP contribution in [0.3, 0.4) is 0 Å². The van der Waals surface area contributed by atoms with Crippen LogP contribution in [-0.4, -0.2) is 23.3 Å². The molecule has 3 aromatic rings. The standard InChI is InChI=1S/C25H33N5/c1-4-5-14-28-22(15-18-10-12-19(13-11-18)16-29-17(2)3)23-20-8-6-7-9-21(20)30-25(27)24(23)26/h6-13,17,29H,4-5,14-16,26H2,1-3H3,(H2,27,30). The van der Waals surface area contributed by atoms with Crippen molar-refractivity contribution in [1.82, 2.24) is 10.3 Å². The molecule has 3 rings (SSSR count). The van der Waals surface area contributed by atoms with Crippen LogP contribution < -0.4 is 16.8 Å². The highest BCUT2D eigenvalue weighted by Gasteiger charge is 2.16. The van der Waals surface area contributed by atoms with E-state index in [1.165, 1.54) is 11.1 Å². The summed E-state index contributed by atoms with van der Waals surface area (Å²) in [7, 11) is 0. The molecule has 0 amide bonds. The highest BCUT2D eigenvalue weighted by atomic mass is 14.9. The lowest BCUT2D eigenvalue weighted by Gasteiger charge is -2.15. The summed E-state index contributed by atoms with van der Waals surface area (Å²) in [5, 5.41) is 4.45. The van der Waals surface area contributed by atoms with Crippen LogP contribution in [-0.2, 0) is 13.0 Å². The molecule has 5 heteroatoms. The lowest BCUT2D eigenvalue weighted by Crippen LogP contribution is -2.21. The van der Waals surface area contributed by atoms with Gasteiger partial charge in [-0.2, -0.15) is 0 Å². The fourth-order valence-electron chi connectivity index (χ4n) is 3.44. The van der Waals surface area contributed by atoms with E-state index in [0.29, 0.717) is 24.0 Å². The van der Waals surface area contributed by atoms with Crippen LogP contribution in [0.4, 0.5) is 11.5 Å². The number of aliphatic imine (C=N–C) groups is 1. The van der Waals surface area contributed by atoms with E-state index >= 15 is 0 Å². The van der Waals surface area contributed by atoms with Crippen LogP contribution in [0.1, 0.15) is 50.3 Å². The zero-order chi connectivity index (χ0) is 21.5. The monoisotopic (exact) mass is 403 g/mol. The van der Waals surface area contributed by atoms with Gasteiger partial charge in [-0.25, -0.2) is 4.98 Å². The molecular weight excluding hydrogens is 370 g/mol. The number of anilines is 2. The predicted octanol–water partition coefficient (Wildman–Crippen LogP) is 4.73. The Morgan fingerprint density at radius 2 is 1.73 bits per heavy atom. The lowest BCUT2D eigenvalue weighted by molar-refractivity contribution is 0.589. The molecule has 0 atom stereocenters. The topological polar surface area (TPSA) is 89.3 Å². The number of nitrogen functional groups attached to an aromatic ring is 2. The van der Waals surface area contributed by atoms with Crippen LogP contribution in [0.5, 0.6) is 0 Å². The molecule has 0 aliphatic carbocycles. The van der Waals surface area contributed by atoms with Crippen molar-refractivity contribution in [2.75, 3.05) is 18.0 Å². The Morgan fingerprint density at radius 1 is 1.03 bits per heavy atom. The second kappa shape index (κ2) is 10.2. The van der Waals surface area contributed by atoms with E-state index < -0.39 is 0 Å². The van der Waals surface area contributed by atoms with Gasteiger partial charge in [0.05, 0.1) is 11.2 Å². The van der Waals surface area contributed by atoms with Gasteiger partial charge >= 0.3 is 0 Å². The first-order chi connectivity index (χ1) is 14.5. The van der Waals surface area contributed by atoms with Crippen molar-refractivity contribution in [3.05, 3.63) is 65.2 Å². The smallest absolute Gasteiger partial charge is 0.148 e. The van der Waals surface area contributed by atoms with Crippen LogP contribution >= 0.6 is 0 Å². The van der Waals surface area contributed by atoms with Crippen molar-refractivity contribution in [1.29, 1.82) is 0 Å². The summed E-state index contributed by atoms with van der Waals surface area (Å²) >= 11 is 0. The number of fused-ring (bicyclic) bond motifs is 1. The maximum absolute atomic E-state index is 6.42. The SMILES string of the molecule is CCCCN=C(Cc1ccc(CNC(C)C)cc1)c1c(N)c(N)nc2ccccc12. The summed E-state index contributed by atoms with van der Waals surface area (Å²) < 4.78 is 0. The zero-order valence-corrected chi connectivity index (χ0v) is 18.3. The molecule has 0 saturated heterocycles. The first-order valence-electron chi connectivity index (χ1n) is 10.8. The summed E-state index contributed by atoms with van der Waals surface area (Å²) in [5.41, 5.74) is 18.3. The Balaban J connectivity index is 1.96. The minimum Gasteiger partial charge on any atom is -0.395 e. The summed E-state index contributed by atoms with van der Waals surface area (Å²) in [5.74, 6) is 0.363. The van der Waals surface area contributed by atoms with Crippen molar-refractivity contribution in [3.63, 3.8) is 0 Å². The summed E-state index contributed by atoms with van der Waals surface area (Å²) in [6.45, 7) is 8.13. The molecule has 0 fully saturated rings. The fraction of sp³-hybridized carbons (Fsp3) is 0.360. The average molecular weight is 404 g/mol. The molecule has 1 aromatic heterocycles. The minimum atomic E-state index is 0.363. The normalized spacial score (nSPS) is 12.1. The second-order valence-corrected chi connectivity index (χ2v) is 8.01. The van der Waals surface area contributed by atoms with Crippen LogP contribution in [0, 0.1) is 0 Å². The van der Waals surface area contributed by atoms with Crippen molar-refractivity contribution in [2.45, 2.75) is 52.6 Å². The van der Waals surface area contributed by atoms with Gasteiger partial charge in [0, 0.05) is 42.2 Å². The molecule has 30 heavy (non-hydrogen) atoms. The molecular formula is C25H33N5. The van der Waals surface area contributed by atoms with Gasteiger partial charge in [0.1, 0.15) is 5.82 Å². The van der Waals surface area contributed by atoms with Gasteiger partial charge in [-0.15, -0.1) is 0 Å². The molecule has 5 N–H and O–H groups in total. The number of rotatable bonds is 9. The van der Waals surface area contributed by atoms with E-state index in [-0.39, 0.29) is 0 Å². The number of pyridine rings is 1. The van der Waals surface area contributed by atoms with E-state index in [1.807, 2.05) is 24.3 Å². The number of nitrogens with zero attached hydrogens (tertiary/aromatic N) is 2. The largest absolute Gasteiger partial charge is 0.395 e. The molecule has 0 aliphatic rings. The number of unbranched alkanes of at least 4 members (excludes halogenated alkanes) is 1. The molecule has 0 saturated carbocycles. The minimum absolute atomic E-state index is 0.363. The first-order valence-corrected chi connectivity index (χ1v) is 10.8. The molecule has 0 spiro atoms. The Morgan fingerprint density at radius 3 is 2.43 bits per heavy atom. The lowest BCUT2D eigenvalue weighted by atomic mass is 9.96. The van der Waals surface area contributed by atoms with Crippen molar-refractivity contribution in [3.8, 4) is 0 Å². The number of nitrogens with two attached hydrogens (primary N) is 2. The molecule has 0 radical (unpaired) electrons. The number of hydrogen-bond donors (Lipinski definition) is 3. The number of nitrogens with one attached hydrogen (secondary N) is 1. The number of benzene rings is 2. The molecule has 0 unspecified atom stereocenters. The highest BCUT2D eigenvalue weighted by Crippen LogP contribution is 2.29. The quantitative estimate of drug-likeness (QED) is 0.356. The summed E-state index contributed by atoms with van der Waals surface area (Å²) in [6, 6.07) is 17.2. The molecule has 1 heterocycles. The molecule has 0 bridgehead atoms. The van der Waals surface area contributed by atoms with Crippen molar-refractivity contribution >= 4 is 28.1 Å². The Bertz CT molecular complexity index is 1010. The molecule has 0 aliphatic heterocycles. The second-order valence-electron chi connectivity index (χ2n) is 8.01. The number of hydrogen-bond acceptors (Lipinski definition) is 5. The predicted molar refractivity (Wildman–Crippen MR) is 129 cm³/mol. The van der Waals surface area contributed by atoms with Gasteiger partial charge in [0.25, 0.3) is 0 Å². The van der Waals surface area contributed by atoms with Gasteiger partial charge < -0.3 is 16.8 Å². The van der Waals surface area contributed by atoms with Crippen molar-refractivity contribution in [2.24, 2.45) is 4.99 Å². The first kappa shape index (κ1) is 21.8. The highest BCUT2D eigenvalue weighted by molar-refractivity contribution is 6.16. The summed E-state index contributed by atoms with van der Waals surface area (Å²) in [4.78, 5) is 9.41. The maximum Gasteiger partial charge on any atom is 0.148 e. The third-order valence-corrected chi connectivity index (χ3v) is 5.17. The van der Waals surface area contributed by atoms with Gasteiger partial charge in [-0.3, -0.25) is 4.99 Å². The number of aromatic nitrogens is 1. The van der Waals surface area contributed by atoms with Gasteiger partial charge in [0.2, 0.25) is 0 Å². The van der Waals surface area contributed by atoms with Crippen LogP contribution in [0.25, 0.3) is 10.9 Å². The Labute approximate surface area is 179 Å². The third kappa shape index (κ3) is 5.36. The number of para-hydroxylation sites is 1. The Hall–Kier alpha value is -2.92. The van der Waals surface area contributed by atoms with Crippen molar-refractivity contribution < 1.29 is 0 Å². The Kier molecular flexibility index (Phi) is 7.41. The van der Waals surface area contributed by atoms with E-state index in [0.717, 1.165) is 48.1 Å². The molecule has 2 aromatic carbocycles. The summed E-state index contributed by atoms with van der Waals surface area (Å²) in [6.07, 6.45) is 2.85. The van der Waals surface area contributed by atoms with Gasteiger partial charge in [-0.1, -0.05) is 69.7 Å². The molecule has 158 valence electrons. The van der Waals surface area contributed by atoms with E-state index in [9.17, 15) is 0 Å². The van der Waals surface area contributed by atoms with Crippen LogP contribution in [0.15, 0.2) is 53.5 Å². The van der Waals surface area contributed by atoms with E-state index in [1.54, 1.807) is 0 Å².